The molecule has 5 rings (SSSR count). The molecular weight excluding hydrogens is 537 g/mol. The van der Waals surface area contributed by atoms with Crippen LogP contribution in [-0.2, 0) is 5.41 Å². The minimum atomic E-state index is -1.37. The molecule has 2 heterocycles. The van der Waals surface area contributed by atoms with Crippen LogP contribution in [0.5, 0.6) is 5.75 Å². The van der Waals surface area contributed by atoms with E-state index >= 15 is 0 Å². The molecule has 1 aromatic heterocycles. The molecule has 1 fully saturated rings. The number of piperidine rings is 1. The molecule has 0 saturated carbocycles. The standard InChI is InChI=1S/C30H31Cl2N3O4/c1-30(2)18-26(23-17-21(39-29(37)38)7-8-24(23)30)35(3,28(36)22-5-4-6-25(31)27(22)32)20-11-15-34(16-12-20)19-9-13-33-14-10-19/h4-10,13-14,17,20,26H,11-12,15-16,18H2,1-3H3/p+1. The van der Waals surface area contributed by atoms with Crippen LogP contribution in [0.2, 0.25) is 10.0 Å². The summed E-state index contributed by atoms with van der Waals surface area (Å²) in [5.41, 5.74) is 3.31. The highest BCUT2D eigenvalue weighted by molar-refractivity contribution is 6.43. The third-order valence-corrected chi connectivity index (χ3v) is 9.36. The lowest BCUT2D eigenvalue weighted by molar-refractivity contribution is -0.887. The van der Waals surface area contributed by atoms with Crippen molar-refractivity contribution in [1.29, 1.82) is 0 Å². The molecule has 3 aromatic rings. The highest BCUT2D eigenvalue weighted by Gasteiger charge is 2.54. The van der Waals surface area contributed by atoms with Gasteiger partial charge in [0, 0.05) is 56.0 Å². The number of anilines is 1. The average molecular weight is 570 g/mol. The van der Waals surface area contributed by atoms with Gasteiger partial charge in [0.1, 0.15) is 11.8 Å². The Balaban J connectivity index is 1.59. The number of carboxylic acid groups (broad SMARTS) is 1. The van der Waals surface area contributed by atoms with Crippen molar-refractivity contribution in [2.75, 3.05) is 25.0 Å². The van der Waals surface area contributed by atoms with Crippen LogP contribution in [0.25, 0.3) is 0 Å². The molecule has 0 spiro atoms. The number of quaternary nitrogens is 1. The number of halogens is 2. The van der Waals surface area contributed by atoms with Crippen LogP contribution in [0, 0.1) is 0 Å². The number of fused-ring (bicyclic) bond motifs is 1. The molecule has 2 atom stereocenters. The summed E-state index contributed by atoms with van der Waals surface area (Å²) >= 11 is 13.0. The molecule has 2 unspecified atom stereocenters. The molecule has 204 valence electrons. The van der Waals surface area contributed by atoms with Crippen LogP contribution >= 0.6 is 23.2 Å². The van der Waals surface area contributed by atoms with E-state index in [0.717, 1.165) is 42.7 Å². The largest absolute Gasteiger partial charge is 0.511 e. The number of ether oxygens (including phenoxy) is 1. The summed E-state index contributed by atoms with van der Waals surface area (Å²) in [5.74, 6) is 0.152. The first-order valence-electron chi connectivity index (χ1n) is 13.1. The van der Waals surface area contributed by atoms with E-state index in [2.05, 4.69) is 23.7 Å². The zero-order valence-electron chi connectivity index (χ0n) is 22.2. The van der Waals surface area contributed by atoms with Crippen LogP contribution in [0.3, 0.4) is 0 Å². The van der Waals surface area contributed by atoms with E-state index in [1.807, 2.05) is 25.2 Å². The molecule has 1 aliphatic heterocycles. The Morgan fingerprint density at radius 3 is 2.44 bits per heavy atom. The first-order chi connectivity index (χ1) is 18.5. The van der Waals surface area contributed by atoms with Gasteiger partial charge in [0.15, 0.2) is 0 Å². The normalized spacial score (nSPS) is 20.2. The third-order valence-electron chi connectivity index (χ3n) is 8.54. The lowest BCUT2D eigenvalue weighted by Gasteiger charge is -2.47. The zero-order chi connectivity index (χ0) is 27.9. The van der Waals surface area contributed by atoms with Gasteiger partial charge >= 0.3 is 12.1 Å². The number of carbonyl (C=O) groups excluding carboxylic acids is 1. The lowest BCUT2D eigenvalue weighted by Crippen LogP contribution is -2.61. The number of rotatable bonds is 5. The quantitative estimate of drug-likeness (QED) is 0.200. The second-order valence-corrected chi connectivity index (χ2v) is 12.0. The Kier molecular flexibility index (Phi) is 7.35. The molecular formula is C30H32Cl2N3O4+. The number of carbonyl (C=O) groups is 2. The number of nitrogens with zero attached hydrogens (tertiary/aromatic N) is 3. The van der Waals surface area contributed by atoms with Gasteiger partial charge in [0.25, 0.3) is 0 Å². The number of aromatic nitrogens is 1. The predicted octanol–water partition coefficient (Wildman–Crippen LogP) is 7.12. The summed E-state index contributed by atoms with van der Waals surface area (Å²) in [6, 6.07) is 14.4. The summed E-state index contributed by atoms with van der Waals surface area (Å²) < 4.78 is 5.14. The maximum absolute atomic E-state index is 14.6. The van der Waals surface area contributed by atoms with Crippen molar-refractivity contribution in [3.05, 3.63) is 87.7 Å². The first-order valence-corrected chi connectivity index (χ1v) is 13.8. The molecule has 0 radical (unpaired) electrons. The maximum Gasteiger partial charge on any atom is 0.511 e. The van der Waals surface area contributed by atoms with E-state index < -0.39 is 6.16 Å². The summed E-state index contributed by atoms with van der Waals surface area (Å²) in [4.78, 5) is 32.4. The van der Waals surface area contributed by atoms with Crippen LogP contribution in [0.15, 0.2) is 60.9 Å². The molecule has 1 N–H and O–H groups in total. The minimum Gasteiger partial charge on any atom is -0.449 e. The Morgan fingerprint density at radius 1 is 1.08 bits per heavy atom. The second kappa shape index (κ2) is 10.5. The van der Waals surface area contributed by atoms with Crippen molar-refractivity contribution < 1.29 is 23.9 Å². The monoisotopic (exact) mass is 568 g/mol. The van der Waals surface area contributed by atoms with Crippen LogP contribution in [0.4, 0.5) is 10.5 Å². The third kappa shape index (κ3) is 4.99. The molecule has 39 heavy (non-hydrogen) atoms. The van der Waals surface area contributed by atoms with Gasteiger partial charge in [-0.1, -0.05) is 49.2 Å². The predicted molar refractivity (Wildman–Crippen MR) is 152 cm³/mol. The molecule has 1 amide bonds. The lowest BCUT2D eigenvalue weighted by atomic mass is 9.86. The van der Waals surface area contributed by atoms with Gasteiger partial charge in [-0.3, -0.25) is 4.98 Å². The second-order valence-electron chi connectivity index (χ2n) is 11.2. The number of pyridine rings is 1. The fraction of sp³-hybridized carbons (Fsp3) is 0.367. The summed E-state index contributed by atoms with van der Waals surface area (Å²) in [6.45, 7) is 5.92. The zero-order valence-corrected chi connectivity index (χ0v) is 23.7. The fourth-order valence-corrected chi connectivity index (χ4v) is 6.87. The minimum absolute atomic E-state index is 0.00133. The Morgan fingerprint density at radius 2 is 1.77 bits per heavy atom. The van der Waals surface area contributed by atoms with Crippen LogP contribution in [-0.4, -0.2) is 52.8 Å². The molecule has 1 aliphatic carbocycles. The van der Waals surface area contributed by atoms with Gasteiger partial charge in [-0.25, -0.2) is 14.1 Å². The van der Waals surface area contributed by atoms with E-state index in [9.17, 15) is 14.7 Å². The number of benzene rings is 2. The summed E-state index contributed by atoms with van der Waals surface area (Å²) in [6.07, 6.45) is 4.51. The van der Waals surface area contributed by atoms with E-state index in [0.29, 0.717) is 17.0 Å². The van der Waals surface area contributed by atoms with E-state index in [1.54, 1.807) is 42.7 Å². The first kappa shape index (κ1) is 27.4. The number of amides is 1. The topological polar surface area (TPSA) is 79.7 Å². The van der Waals surface area contributed by atoms with Crippen LogP contribution < -0.4 is 9.64 Å². The van der Waals surface area contributed by atoms with Crippen molar-refractivity contribution in [1.82, 2.24) is 4.98 Å². The Bertz CT molecular complexity index is 1410. The number of hydrogen-bond donors (Lipinski definition) is 1. The van der Waals surface area contributed by atoms with E-state index in [4.69, 9.17) is 27.9 Å². The summed E-state index contributed by atoms with van der Waals surface area (Å²) in [7, 11) is 2.01. The van der Waals surface area contributed by atoms with Gasteiger partial charge in [-0.2, -0.15) is 0 Å². The molecule has 9 heteroatoms. The Labute approximate surface area is 238 Å². The highest BCUT2D eigenvalue weighted by Crippen LogP contribution is 2.53. The number of hydrogen-bond acceptors (Lipinski definition) is 5. The van der Waals surface area contributed by atoms with Crippen LogP contribution in [0.1, 0.15) is 60.6 Å². The van der Waals surface area contributed by atoms with Crippen molar-refractivity contribution in [3.63, 3.8) is 0 Å². The SMILES string of the molecule is CC1(C)CC([N+](C)(C(=O)c2cccc(Cl)c2Cl)C2CCN(c3ccncc3)CC2)c2cc(OC(=O)O)ccc21. The molecule has 0 bridgehead atoms. The molecule has 1 saturated heterocycles. The van der Waals surface area contributed by atoms with Gasteiger partial charge < -0.3 is 14.7 Å². The molecule has 2 aromatic carbocycles. The average Bonchev–Trinajstić information content (AvgIpc) is 3.20. The van der Waals surface area contributed by atoms with E-state index in [-0.39, 0.29) is 38.7 Å². The van der Waals surface area contributed by atoms with Crippen molar-refractivity contribution in [2.45, 2.75) is 50.6 Å². The summed E-state index contributed by atoms with van der Waals surface area (Å²) in [5, 5.41) is 9.84. The molecule has 7 nitrogen and oxygen atoms in total. The van der Waals surface area contributed by atoms with Gasteiger partial charge in [0.05, 0.1) is 28.7 Å². The Hall–Kier alpha value is -3.13. The highest BCUT2D eigenvalue weighted by atomic mass is 35.5. The smallest absolute Gasteiger partial charge is 0.449 e. The van der Waals surface area contributed by atoms with Crippen molar-refractivity contribution >= 4 is 41.0 Å². The molecule has 2 aliphatic rings. The van der Waals surface area contributed by atoms with Crippen molar-refractivity contribution in [3.8, 4) is 5.75 Å². The maximum atomic E-state index is 14.6. The van der Waals surface area contributed by atoms with Crippen molar-refractivity contribution in [2.24, 2.45) is 0 Å². The van der Waals surface area contributed by atoms with Gasteiger partial charge in [0.2, 0.25) is 0 Å². The van der Waals surface area contributed by atoms with Gasteiger partial charge in [-0.15, -0.1) is 0 Å². The fourth-order valence-electron chi connectivity index (χ4n) is 6.48. The van der Waals surface area contributed by atoms with Gasteiger partial charge in [-0.05, 0) is 47.4 Å². The van der Waals surface area contributed by atoms with E-state index in [1.165, 1.54) is 0 Å².